The number of halogens is 3. The molecule has 1 unspecified atom stereocenters. The molecule has 1 aromatic carbocycles. The van der Waals surface area contributed by atoms with Gasteiger partial charge in [0.25, 0.3) is 0 Å². The molecule has 7 nitrogen and oxygen atoms in total. The molecule has 1 saturated heterocycles. The van der Waals surface area contributed by atoms with Crippen LogP contribution in [0.15, 0.2) is 36.7 Å². The fourth-order valence-corrected chi connectivity index (χ4v) is 4.98. The lowest BCUT2D eigenvalue weighted by Crippen LogP contribution is -2.47. The molecule has 38 heavy (non-hydrogen) atoms. The molecule has 0 spiro atoms. The van der Waals surface area contributed by atoms with E-state index in [1.165, 1.54) is 25.3 Å². The number of aromatic amines is 1. The number of nitrogens with one attached hydrogen (secondary N) is 3. The maximum absolute atomic E-state index is 13.8. The van der Waals surface area contributed by atoms with E-state index in [1.54, 1.807) is 12.4 Å². The van der Waals surface area contributed by atoms with Crippen molar-refractivity contribution in [1.82, 2.24) is 25.5 Å². The summed E-state index contributed by atoms with van der Waals surface area (Å²) in [4.78, 5) is 35.5. The minimum Gasteiger partial charge on any atom is -0.350 e. The molecule has 1 aliphatic heterocycles. The van der Waals surface area contributed by atoms with Crippen LogP contribution in [0, 0.1) is 11.6 Å². The highest BCUT2D eigenvalue weighted by molar-refractivity contribution is 6.35. The minimum atomic E-state index is -0.996. The lowest BCUT2D eigenvalue weighted by molar-refractivity contribution is -0.129. The number of piperidine rings is 1. The lowest BCUT2D eigenvalue weighted by Gasteiger charge is -2.26. The van der Waals surface area contributed by atoms with Gasteiger partial charge in [-0.2, -0.15) is 0 Å². The van der Waals surface area contributed by atoms with Gasteiger partial charge < -0.3 is 20.5 Å². The number of hydrogen-bond donors (Lipinski definition) is 3. The average molecular weight is 546 g/mol. The highest BCUT2D eigenvalue weighted by Crippen LogP contribution is 2.22. The SMILES string of the molecule is O=C(CCCCCN1CCCCC1)NC(Cc1ccc(F)c(F)c1)C(=O)NCc1cnc2[nH]cc(Cl)c2c1. The van der Waals surface area contributed by atoms with E-state index in [1.807, 2.05) is 6.07 Å². The molecule has 2 amide bonds. The number of likely N-dealkylation sites (tertiary alicyclic amines) is 1. The van der Waals surface area contributed by atoms with Crippen molar-refractivity contribution in [3.05, 3.63) is 64.4 Å². The molecule has 0 bridgehead atoms. The first-order chi connectivity index (χ1) is 18.4. The smallest absolute Gasteiger partial charge is 0.243 e. The summed E-state index contributed by atoms with van der Waals surface area (Å²) in [7, 11) is 0. The molecule has 0 radical (unpaired) electrons. The van der Waals surface area contributed by atoms with Gasteiger partial charge in [0.15, 0.2) is 11.6 Å². The Bertz CT molecular complexity index is 1250. The Morgan fingerprint density at radius 3 is 2.66 bits per heavy atom. The molecule has 3 heterocycles. The van der Waals surface area contributed by atoms with E-state index >= 15 is 0 Å². The second-order valence-electron chi connectivity index (χ2n) is 9.88. The standard InChI is InChI=1S/C28H34ClF2N5O2/c29-22-18-33-27-21(22)13-20(16-32-27)17-34-28(38)25(15-19-8-9-23(30)24(31)14-19)35-26(37)7-3-1-4-10-36-11-5-2-6-12-36/h8-9,13-14,16,18,25H,1-7,10-12,15,17H2,(H,32,33)(H,34,38)(H,35,37). The van der Waals surface area contributed by atoms with Crippen molar-refractivity contribution < 1.29 is 18.4 Å². The number of rotatable bonds is 12. The first-order valence-electron chi connectivity index (χ1n) is 13.2. The third-order valence-corrected chi connectivity index (χ3v) is 7.22. The van der Waals surface area contributed by atoms with Gasteiger partial charge in [-0.15, -0.1) is 0 Å². The summed E-state index contributed by atoms with van der Waals surface area (Å²) in [5, 5.41) is 6.88. The van der Waals surface area contributed by atoms with Crippen LogP contribution in [0.2, 0.25) is 5.02 Å². The molecule has 10 heteroatoms. The number of carbonyl (C=O) groups is 2. The Hall–Kier alpha value is -3.04. The van der Waals surface area contributed by atoms with Crippen LogP contribution in [-0.4, -0.2) is 52.4 Å². The maximum atomic E-state index is 13.8. The molecule has 3 aromatic rings. The number of benzene rings is 1. The summed E-state index contributed by atoms with van der Waals surface area (Å²) in [6, 6.07) is 4.37. The van der Waals surface area contributed by atoms with E-state index in [9.17, 15) is 18.4 Å². The average Bonchev–Trinajstić information content (AvgIpc) is 3.29. The second-order valence-corrected chi connectivity index (χ2v) is 10.3. The number of aromatic nitrogens is 2. The Morgan fingerprint density at radius 1 is 1.05 bits per heavy atom. The van der Waals surface area contributed by atoms with Gasteiger partial charge in [-0.05, 0) is 74.6 Å². The normalized spacial score (nSPS) is 14.9. The summed E-state index contributed by atoms with van der Waals surface area (Å²) < 4.78 is 27.2. The Labute approximate surface area is 226 Å². The molecule has 2 aromatic heterocycles. The number of hydrogen-bond acceptors (Lipinski definition) is 4. The number of carbonyl (C=O) groups excluding carboxylic acids is 2. The summed E-state index contributed by atoms with van der Waals surface area (Å²) >= 11 is 6.16. The summed E-state index contributed by atoms with van der Waals surface area (Å²) in [6.07, 6.45) is 10.1. The molecular weight excluding hydrogens is 512 g/mol. The summed E-state index contributed by atoms with van der Waals surface area (Å²) in [5.41, 5.74) is 1.79. The van der Waals surface area contributed by atoms with E-state index in [2.05, 4.69) is 25.5 Å². The van der Waals surface area contributed by atoms with E-state index in [-0.39, 0.29) is 18.9 Å². The van der Waals surface area contributed by atoms with Crippen LogP contribution < -0.4 is 10.6 Å². The predicted molar refractivity (Wildman–Crippen MR) is 144 cm³/mol. The number of unbranched alkanes of at least 4 members (excludes halogenated alkanes) is 2. The number of H-pyrrole nitrogens is 1. The van der Waals surface area contributed by atoms with Crippen molar-refractivity contribution in [2.24, 2.45) is 0 Å². The number of nitrogens with zero attached hydrogens (tertiary/aromatic N) is 2. The Balaban J connectivity index is 1.31. The van der Waals surface area contributed by atoms with Gasteiger partial charge in [-0.3, -0.25) is 9.59 Å². The molecule has 1 fully saturated rings. The number of pyridine rings is 1. The fraction of sp³-hybridized carbons (Fsp3) is 0.464. The number of fused-ring (bicyclic) bond motifs is 1. The van der Waals surface area contributed by atoms with Crippen LogP contribution in [0.25, 0.3) is 11.0 Å². The van der Waals surface area contributed by atoms with Gasteiger partial charge in [-0.25, -0.2) is 13.8 Å². The fourth-order valence-electron chi connectivity index (χ4n) is 4.78. The lowest BCUT2D eigenvalue weighted by atomic mass is 10.0. The molecular formula is C28H34ClF2N5O2. The minimum absolute atomic E-state index is 0.0324. The third kappa shape index (κ3) is 7.98. The zero-order valence-electron chi connectivity index (χ0n) is 21.4. The molecule has 1 atom stereocenters. The van der Waals surface area contributed by atoms with E-state index < -0.39 is 23.6 Å². The first kappa shape index (κ1) is 28.0. The van der Waals surface area contributed by atoms with Crippen molar-refractivity contribution in [1.29, 1.82) is 0 Å². The van der Waals surface area contributed by atoms with Crippen LogP contribution >= 0.6 is 11.6 Å². The van der Waals surface area contributed by atoms with E-state index in [0.717, 1.165) is 62.0 Å². The predicted octanol–water partition coefficient (Wildman–Crippen LogP) is 4.88. The van der Waals surface area contributed by atoms with Crippen molar-refractivity contribution in [3.63, 3.8) is 0 Å². The number of amides is 2. The van der Waals surface area contributed by atoms with Crippen LogP contribution in [0.5, 0.6) is 0 Å². The third-order valence-electron chi connectivity index (χ3n) is 6.91. The van der Waals surface area contributed by atoms with Gasteiger partial charge >= 0.3 is 0 Å². The van der Waals surface area contributed by atoms with Crippen LogP contribution in [-0.2, 0) is 22.6 Å². The van der Waals surface area contributed by atoms with Gasteiger partial charge in [0, 0.05) is 37.2 Å². The molecule has 3 N–H and O–H groups in total. The molecule has 4 rings (SSSR count). The zero-order valence-corrected chi connectivity index (χ0v) is 22.1. The van der Waals surface area contributed by atoms with Crippen LogP contribution in [0.1, 0.15) is 56.1 Å². The van der Waals surface area contributed by atoms with Crippen molar-refractivity contribution in [2.75, 3.05) is 19.6 Å². The molecule has 0 aliphatic carbocycles. The summed E-state index contributed by atoms with van der Waals surface area (Å²) in [5.74, 6) is -2.62. The van der Waals surface area contributed by atoms with Gasteiger partial charge in [0.05, 0.1) is 5.02 Å². The highest BCUT2D eigenvalue weighted by atomic mass is 35.5. The largest absolute Gasteiger partial charge is 0.350 e. The molecule has 204 valence electrons. The van der Waals surface area contributed by atoms with Crippen molar-refractivity contribution >= 4 is 34.4 Å². The van der Waals surface area contributed by atoms with Gasteiger partial charge in [0.1, 0.15) is 11.7 Å². The Morgan fingerprint density at radius 2 is 1.87 bits per heavy atom. The highest BCUT2D eigenvalue weighted by Gasteiger charge is 2.22. The monoisotopic (exact) mass is 545 g/mol. The summed E-state index contributed by atoms with van der Waals surface area (Å²) in [6.45, 7) is 3.54. The van der Waals surface area contributed by atoms with E-state index in [4.69, 9.17) is 11.6 Å². The van der Waals surface area contributed by atoms with E-state index in [0.29, 0.717) is 22.7 Å². The van der Waals surface area contributed by atoms with Crippen LogP contribution in [0.4, 0.5) is 8.78 Å². The second kappa shape index (κ2) is 13.7. The zero-order chi connectivity index (χ0) is 26.9. The van der Waals surface area contributed by atoms with Crippen molar-refractivity contribution in [2.45, 2.75) is 64.0 Å². The Kier molecular flexibility index (Phi) is 10.1. The van der Waals surface area contributed by atoms with Gasteiger partial charge in [-0.1, -0.05) is 30.5 Å². The van der Waals surface area contributed by atoms with Gasteiger partial charge in [0.2, 0.25) is 11.8 Å². The quantitative estimate of drug-likeness (QED) is 0.283. The van der Waals surface area contributed by atoms with Crippen LogP contribution in [0.3, 0.4) is 0 Å². The molecule has 0 saturated carbocycles. The maximum Gasteiger partial charge on any atom is 0.243 e. The molecule has 1 aliphatic rings. The topological polar surface area (TPSA) is 90.1 Å². The van der Waals surface area contributed by atoms with Crippen molar-refractivity contribution in [3.8, 4) is 0 Å². The first-order valence-corrected chi connectivity index (χ1v) is 13.6.